The summed E-state index contributed by atoms with van der Waals surface area (Å²) < 4.78 is 0. The van der Waals surface area contributed by atoms with Gasteiger partial charge in [-0.1, -0.05) is 0 Å². The molecule has 1 aromatic rings. The summed E-state index contributed by atoms with van der Waals surface area (Å²) in [4.78, 5) is 43.1. The predicted molar refractivity (Wildman–Crippen MR) is 80.4 cm³/mol. The molecule has 0 radical (unpaired) electrons. The fraction of sp³-hybridized carbons (Fsp3) is 0.467. The normalized spacial score (nSPS) is 15.2. The van der Waals surface area contributed by atoms with Gasteiger partial charge in [-0.15, -0.1) is 0 Å². The van der Waals surface area contributed by atoms with Crippen molar-refractivity contribution in [1.29, 1.82) is 0 Å². The Morgan fingerprint density at radius 1 is 1.27 bits per heavy atom. The van der Waals surface area contributed by atoms with Crippen molar-refractivity contribution >= 4 is 17.7 Å². The van der Waals surface area contributed by atoms with Crippen molar-refractivity contribution in [2.75, 3.05) is 26.7 Å². The van der Waals surface area contributed by atoms with Crippen molar-refractivity contribution in [3.8, 4) is 0 Å². The molecule has 3 amide bonds. The van der Waals surface area contributed by atoms with Crippen molar-refractivity contribution in [3.63, 3.8) is 0 Å². The minimum absolute atomic E-state index is 0.0514. The summed E-state index contributed by atoms with van der Waals surface area (Å²) in [6, 6.07) is 3.19. The predicted octanol–water partition coefficient (Wildman–Crippen LogP) is 0.134. The fourth-order valence-corrected chi connectivity index (χ4v) is 2.37. The molecule has 1 saturated heterocycles. The molecule has 1 aliphatic rings. The average Bonchev–Trinajstić information content (AvgIpc) is 2.53. The molecule has 1 aromatic heterocycles. The van der Waals surface area contributed by atoms with Crippen LogP contribution in [-0.2, 0) is 4.79 Å². The molecule has 0 aromatic carbocycles. The number of rotatable bonds is 3. The number of aromatic nitrogens is 1. The first-order chi connectivity index (χ1) is 10.4. The molecule has 7 heteroatoms. The van der Waals surface area contributed by atoms with Gasteiger partial charge in [0.2, 0.25) is 5.91 Å². The van der Waals surface area contributed by atoms with E-state index in [4.69, 9.17) is 0 Å². The maximum absolute atomic E-state index is 12.4. The lowest BCUT2D eigenvalue weighted by molar-refractivity contribution is -0.136. The molecule has 0 bridgehead atoms. The van der Waals surface area contributed by atoms with Gasteiger partial charge in [-0.25, -0.2) is 0 Å². The minimum atomic E-state index is -0.306. The zero-order chi connectivity index (χ0) is 16.3. The SMILES string of the molecule is CNC(=O)c1ccc(C(=O)N2CCN(C(C)C)C(=O)C2)cn1. The fourth-order valence-electron chi connectivity index (χ4n) is 2.37. The zero-order valence-corrected chi connectivity index (χ0v) is 13.0. The lowest BCUT2D eigenvalue weighted by Gasteiger charge is -2.36. The number of nitrogens with one attached hydrogen (secondary N) is 1. The van der Waals surface area contributed by atoms with Crippen molar-refractivity contribution in [1.82, 2.24) is 20.1 Å². The lowest BCUT2D eigenvalue weighted by Crippen LogP contribution is -2.54. The number of hydrogen-bond donors (Lipinski definition) is 1. The molecule has 0 aliphatic carbocycles. The highest BCUT2D eigenvalue weighted by Crippen LogP contribution is 2.11. The minimum Gasteiger partial charge on any atom is -0.354 e. The van der Waals surface area contributed by atoms with Gasteiger partial charge in [0.1, 0.15) is 12.2 Å². The number of pyridine rings is 1. The van der Waals surface area contributed by atoms with E-state index in [0.717, 1.165) is 0 Å². The van der Waals surface area contributed by atoms with Crippen LogP contribution in [-0.4, -0.2) is 65.2 Å². The smallest absolute Gasteiger partial charge is 0.269 e. The topological polar surface area (TPSA) is 82.6 Å². The van der Waals surface area contributed by atoms with E-state index in [0.29, 0.717) is 18.7 Å². The first-order valence-electron chi connectivity index (χ1n) is 7.21. The van der Waals surface area contributed by atoms with Gasteiger partial charge in [0.25, 0.3) is 11.8 Å². The second-order valence-corrected chi connectivity index (χ2v) is 5.42. The third-order valence-corrected chi connectivity index (χ3v) is 3.64. The van der Waals surface area contributed by atoms with Gasteiger partial charge in [-0.2, -0.15) is 0 Å². The molecule has 7 nitrogen and oxygen atoms in total. The third kappa shape index (κ3) is 3.24. The van der Waals surface area contributed by atoms with Crippen molar-refractivity contribution in [3.05, 3.63) is 29.6 Å². The van der Waals surface area contributed by atoms with Gasteiger partial charge in [0.05, 0.1) is 5.56 Å². The number of carbonyl (C=O) groups excluding carboxylic acids is 3. The lowest BCUT2D eigenvalue weighted by atomic mass is 10.2. The van der Waals surface area contributed by atoms with E-state index >= 15 is 0 Å². The Morgan fingerprint density at radius 2 is 2.00 bits per heavy atom. The van der Waals surface area contributed by atoms with Gasteiger partial charge in [-0.3, -0.25) is 19.4 Å². The Hall–Kier alpha value is -2.44. The van der Waals surface area contributed by atoms with Gasteiger partial charge >= 0.3 is 0 Å². The van der Waals surface area contributed by atoms with E-state index in [1.165, 1.54) is 24.2 Å². The van der Waals surface area contributed by atoms with E-state index in [9.17, 15) is 14.4 Å². The number of carbonyl (C=O) groups is 3. The Kier molecular flexibility index (Phi) is 4.75. The van der Waals surface area contributed by atoms with E-state index < -0.39 is 0 Å². The highest BCUT2D eigenvalue weighted by molar-refractivity contribution is 5.98. The van der Waals surface area contributed by atoms with Gasteiger partial charge in [0, 0.05) is 32.4 Å². The molecule has 0 spiro atoms. The quantitative estimate of drug-likeness (QED) is 0.861. The van der Waals surface area contributed by atoms with Crippen LogP contribution in [0.1, 0.15) is 34.7 Å². The summed E-state index contributed by atoms with van der Waals surface area (Å²) in [5.74, 6) is -0.600. The standard InChI is InChI=1S/C15H20N4O3/c1-10(2)19-7-6-18(9-13(19)20)15(22)11-4-5-12(17-8-11)14(21)16-3/h4-5,8,10H,6-7,9H2,1-3H3,(H,16,21). The van der Waals surface area contributed by atoms with Crippen molar-refractivity contribution in [2.45, 2.75) is 19.9 Å². The van der Waals surface area contributed by atoms with Crippen LogP contribution < -0.4 is 5.32 Å². The highest BCUT2D eigenvalue weighted by atomic mass is 16.2. The van der Waals surface area contributed by atoms with Crippen molar-refractivity contribution < 1.29 is 14.4 Å². The molecular formula is C15H20N4O3. The third-order valence-electron chi connectivity index (χ3n) is 3.64. The van der Waals surface area contributed by atoms with Crippen LogP contribution in [0.4, 0.5) is 0 Å². The first-order valence-corrected chi connectivity index (χ1v) is 7.21. The molecule has 2 heterocycles. The van der Waals surface area contributed by atoms with Gasteiger partial charge < -0.3 is 15.1 Å². The Balaban J connectivity index is 2.06. The van der Waals surface area contributed by atoms with Crippen LogP contribution >= 0.6 is 0 Å². The summed E-state index contributed by atoms with van der Waals surface area (Å²) in [5, 5.41) is 2.47. The van der Waals surface area contributed by atoms with E-state index in [1.54, 1.807) is 11.0 Å². The summed E-state index contributed by atoms with van der Waals surface area (Å²) in [6.45, 7) is 5.02. The molecule has 0 atom stereocenters. The molecular weight excluding hydrogens is 284 g/mol. The van der Waals surface area contributed by atoms with Crippen LogP contribution in [0.25, 0.3) is 0 Å². The van der Waals surface area contributed by atoms with Crippen LogP contribution in [0.15, 0.2) is 18.3 Å². The molecule has 118 valence electrons. The maximum Gasteiger partial charge on any atom is 0.269 e. The molecule has 1 fully saturated rings. The molecule has 0 unspecified atom stereocenters. The molecule has 1 N–H and O–H groups in total. The summed E-state index contributed by atoms with van der Waals surface area (Å²) in [6.07, 6.45) is 1.37. The number of amides is 3. The zero-order valence-electron chi connectivity index (χ0n) is 13.0. The van der Waals surface area contributed by atoms with Crippen LogP contribution in [0.2, 0.25) is 0 Å². The second kappa shape index (κ2) is 6.55. The van der Waals surface area contributed by atoms with Crippen molar-refractivity contribution in [2.24, 2.45) is 0 Å². The average molecular weight is 304 g/mol. The van der Waals surface area contributed by atoms with Crippen LogP contribution in [0.3, 0.4) is 0 Å². The van der Waals surface area contributed by atoms with Crippen LogP contribution in [0.5, 0.6) is 0 Å². The van der Waals surface area contributed by atoms with E-state index in [-0.39, 0.29) is 36.0 Å². The molecule has 22 heavy (non-hydrogen) atoms. The summed E-state index contributed by atoms with van der Waals surface area (Å²) in [5.41, 5.74) is 0.623. The molecule has 1 aliphatic heterocycles. The Labute approximate surface area is 129 Å². The highest BCUT2D eigenvalue weighted by Gasteiger charge is 2.29. The Morgan fingerprint density at radius 3 is 2.50 bits per heavy atom. The molecule has 2 rings (SSSR count). The Bertz CT molecular complexity index is 583. The monoisotopic (exact) mass is 304 g/mol. The number of hydrogen-bond acceptors (Lipinski definition) is 4. The number of piperazine rings is 1. The second-order valence-electron chi connectivity index (χ2n) is 5.42. The molecule has 0 saturated carbocycles. The largest absolute Gasteiger partial charge is 0.354 e. The number of nitrogens with zero attached hydrogens (tertiary/aromatic N) is 3. The first kappa shape index (κ1) is 15.9. The van der Waals surface area contributed by atoms with Gasteiger partial charge in [0.15, 0.2) is 0 Å². The van der Waals surface area contributed by atoms with Crippen LogP contribution in [0, 0.1) is 0 Å². The maximum atomic E-state index is 12.4. The van der Waals surface area contributed by atoms with E-state index in [1.807, 2.05) is 13.8 Å². The van der Waals surface area contributed by atoms with E-state index in [2.05, 4.69) is 10.3 Å². The van der Waals surface area contributed by atoms with Gasteiger partial charge in [-0.05, 0) is 26.0 Å². The summed E-state index contributed by atoms with van der Waals surface area (Å²) >= 11 is 0. The summed E-state index contributed by atoms with van der Waals surface area (Å²) in [7, 11) is 1.52.